The summed E-state index contributed by atoms with van der Waals surface area (Å²) in [6.45, 7) is 6.55. The third-order valence-electron chi connectivity index (χ3n) is 6.14. The van der Waals surface area contributed by atoms with Gasteiger partial charge in [-0.25, -0.2) is 0 Å². The lowest BCUT2D eigenvalue weighted by molar-refractivity contribution is -0.275. The Hall–Kier alpha value is -2.65. The summed E-state index contributed by atoms with van der Waals surface area (Å²) in [5, 5.41) is 10.3. The smallest absolute Gasteiger partial charge is 0.486 e. The molecule has 2 aromatic carbocycles. The van der Waals surface area contributed by atoms with Crippen LogP contribution in [0.1, 0.15) is 24.8 Å². The van der Waals surface area contributed by atoms with Crippen LogP contribution in [-0.4, -0.2) is 68.4 Å². The van der Waals surface area contributed by atoms with Crippen LogP contribution in [-0.2, 0) is 0 Å². The topological polar surface area (TPSA) is 54.4 Å². The highest BCUT2D eigenvalue weighted by Gasteiger charge is 2.34. The molecule has 0 radical (unpaired) electrons. The lowest BCUT2D eigenvalue weighted by atomic mass is 9.90. The number of aliphatic hydroxyl groups is 1. The molecule has 9 heteroatoms. The number of alkyl halides is 3. The molecule has 6 nitrogen and oxygen atoms in total. The number of nitrogens with zero attached hydrogens (tertiary/aromatic N) is 2. The molecule has 4 rings (SSSR count). The van der Waals surface area contributed by atoms with Crippen molar-refractivity contribution in [3.63, 3.8) is 0 Å². The highest BCUT2D eigenvalue weighted by atomic mass is 19.4. The van der Waals surface area contributed by atoms with Crippen LogP contribution in [0.25, 0.3) is 0 Å². The Morgan fingerprint density at radius 3 is 2.45 bits per heavy atom. The van der Waals surface area contributed by atoms with Crippen LogP contribution in [0.5, 0.6) is 17.2 Å². The molecule has 180 valence electrons. The van der Waals surface area contributed by atoms with E-state index in [-0.39, 0.29) is 5.75 Å². The van der Waals surface area contributed by atoms with E-state index in [2.05, 4.69) is 14.5 Å². The summed E-state index contributed by atoms with van der Waals surface area (Å²) in [7, 11) is 0. The number of piperazine rings is 1. The van der Waals surface area contributed by atoms with E-state index in [1.165, 1.54) is 12.1 Å². The number of hydrogen-bond acceptors (Lipinski definition) is 6. The molecule has 2 heterocycles. The number of fused-ring (bicyclic) bond motifs is 1. The average Bonchev–Trinajstić information content (AvgIpc) is 2.79. The second kappa shape index (κ2) is 10.1. The first-order valence-corrected chi connectivity index (χ1v) is 11.2. The molecule has 2 aromatic rings. The Morgan fingerprint density at radius 2 is 1.73 bits per heavy atom. The molecule has 1 N–H and O–H groups in total. The second-order valence-corrected chi connectivity index (χ2v) is 8.35. The number of halogens is 3. The summed E-state index contributed by atoms with van der Waals surface area (Å²) in [5.41, 5.74) is 1.39. The standard InChI is InChI=1S/C24H29F3N2O4/c1-17(30)18(19-5-2-3-7-21(19)33-24(25,26)27)9-10-28-11-13-29(14-12-28)20-6-4-8-22-23(20)32-16-15-31-22/h2-8,17-18,30H,9-16H2,1H3. The molecule has 1 fully saturated rings. The zero-order chi connectivity index (χ0) is 23.4. The molecule has 33 heavy (non-hydrogen) atoms. The SMILES string of the molecule is CC(O)C(CCN1CCN(c2cccc3c2OCCO3)CC1)c1ccccc1OC(F)(F)F. The summed E-state index contributed by atoms with van der Waals surface area (Å²) in [5.74, 6) is 0.832. The van der Waals surface area contributed by atoms with E-state index in [4.69, 9.17) is 9.47 Å². The maximum absolute atomic E-state index is 12.8. The Bertz CT molecular complexity index is 930. The maximum atomic E-state index is 12.8. The molecule has 0 aliphatic carbocycles. The van der Waals surface area contributed by atoms with Gasteiger partial charge in [0.05, 0.1) is 11.8 Å². The largest absolute Gasteiger partial charge is 0.573 e. The van der Waals surface area contributed by atoms with E-state index >= 15 is 0 Å². The van der Waals surface area contributed by atoms with Crippen LogP contribution in [0.15, 0.2) is 42.5 Å². The van der Waals surface area contributed by atoms with Crippen LogP contribution in [0.4, 0.5) is 18.9 Å². The van der Waals surface area contributed by atoms with Gasteiger partial charge >= 0.3 is 6.36 Å². The minimum absolute atomic E-state index is 0.253. The van der Waals surface area contributed by atoms with Gasteiger partial charge in [-0.2, -0.15) is 0 Å². The Kier molecular flexibility index (Phi) is 7.19. The molecule has 2 aliphatic rings. The highest BCUT2D eigenvalue weighted by molar-refractivity contribution is 5.65. The Labute approximate surface area is 191 Å². The van der Waals surface area contributed by atoms with E-state index in [0.717, 1.165) is 43.4 Å². The Morgan fingerprint density at radius 1 is 1.00 bits per heavy atom. The van der Waals surface area contributed by atoms with Crippen molar-refractivity contribution in [2.45, 2.75) is 31.7 Å². The van der Waals surface area contributed by atoms with Gasteiger partial charge in [-0.05, 0) is 38.1 Å². The summed E-state index contributed by atoms with van der Waals surface area (Å²) in [4.78, 5) is 4.54. The molecule has 1 saturated heterocycles. The van der Waals surface area contributed by atoms with Gasteiger partial charge < -0.3 is 24.2 Å². The first-order chi connectivity index (χ1) is 15.8. The summed E-state index contributed by atoms with van der Waals surface area (Å²) in [6.07, 6.45) is -5.06. The normalized spacial score (nSPS) is 18.6. The molecule has 0 bridgehead atoms. The molecule has 0 amide bonds. The number of anilines is 1. The van der Waals surface area contributed by atoms with Crippen molar-refractivity contribution in [3.05, 3.63) is 48.0 Å². The summed E-state index contributed by atoms with van der Waals surface area (Å²) in [6, 6.07) is 12.0. The third-order valence-corrected chi connectivity index (χ3v) is 6.14. The number of rotatable bonds is 7. The first-order valence-electron chi connectivity index (χ1n) is 11.2. The lowest BCUT2D eigenvalue weighted by Gasteiger charge is -2.38. The predicted octanol–water partition coefficient (Wildman–Crippen LogP) is 4.03. The van der Waals surface area contributed by atoms with E-state index in [9.17, 15) is 18.3 Å². The van der Waals surface area contributed by atoms with E-state index in [1.807, 2.05) is 18.2 Å². The van der Waals surface area contributed by atoms with Crippen LogP contribution in [0.2, 0.25) is 0 Å². The van der Waals surface area contributed by atoms with Crippen molar-refractivity contribution in [2.24, 2.45) is 0 Å². The molecule has 2 unspecified atom stereocenters. The van der Waals surface area contributed by atoms with Gasteiger partial charge in [0.1, 0.15) is 19.0 Å². The minimum Gasteiger partial charge on any atom is -0.486 e. The number of para-hydroxylation sites is 2. The van der Waals surface area contributed by atoms with Crippen LogP contribution in [0.3, 0.4) is 0 Å². The molecule has 0 aromatic heterocycles. The molecular formula is C24H29F3N2O4. The zero-order valence-corrected chi connectivity index (χ0v) is 18.6. The van der Waals surface area contributed by atoms with E-state index < -0.39 is 18.4 Å². The summed E-state index contributed by atoms with van der Waals surface area (Å²) >= 11 is 0. The van der Waals surface area contributed by atoms with E-state index in [0.29, 0.717) is 31.7 Å². The first kappa shape index (κ1) is 23.5. The van der Waals surface area contributed by atoms with Crippen molar-refractivity contribution < 1.29 is 32.5 Å². The van der Waals surface area contributed by atoms with Crippen LogP contribution in [0, 0.1) is 0 Å². The predicted molar refractivity (Wildman–Crippen MR) is 118 cm³/mol. The van der Waals surface area contributed by atoms with Crippen molar-refractivity contribution >= 4 is 5.69 Å². The van der Waals surface area contributed by atoms with Gasteiger partial charge in [-0.3, -0.25) is 4.90 Å². The molecule has 0 saturated carbocycles. The molecule has 2 aliphatic heterocycles. The van der Waals surface area contributed by atoms with Gasteiger partial charge in [-0.15, -0.1) is 13.2 Å². The van der Waals surface area contributed by atoms with Crippen LogP contribution >= 0.6 is 0 Å². The average molecular weight is 467 g/mol. The van der Waals surface area contributed by atoms with Crippen molar-refractivity contribution in [2.75, 3.05) is 50.8 Å². The fraction of sp³-hybridized carbons (Fsp3) is 0.500. The third kappa shape index (κ3) is 5.83. The second-order valence-electron chi connectivity index (χ2n) is 8.35. The molecular weight excluding hydrogens is 437 g/mol. The molecule has 0 spiro atoms. The number of benzene rings is 2. The fourth-order valence-corrected chi connectivity index (χ4v) is 4.50. The van der Waals surface area contributed by atoms with Gasteiger partial charge in [0.2, 0.25) is 0 Å². The van der Waals surface area contributed by atoms with E-state index in [1.54, 1.807) is 19.1 Å². The van der Waals surface area contributed by atoms with Gasteiger partial charge in [-0.1, -0.05) is 24.3 Å². The molecule has 2 atom stereocenters. The quantitative estimate of drug-likeness (QED) is 0.665. The van der Waals surface area contributed by atoms with Crippen molar-refractivity contribution in [1.29, 1.82) is 0 Å². The summed E-state index contributed by atoms with van der Waals surface area (Å²) < 4.78 is 54.2. The number of hydrogen-bond donors (Lipinski definition) is 1. The van der Waals surface area contributed by atoms with Crippen molar-refractivity contribution in [1.82, 2.24) is 4.90 Å². The monoisotopic (exact) mass is 466 g/mol. The van der Waals surface area contributed by atoms with Crippen LogP contribution < -0.4 is 19.1 Å². The maximum Gasteiger partial charge on any atom is 0.573 e. The van der Waals surface area contributed by atoms with Gasteiger partial charge in [0.25, 0.3) is 0 Å². The van der Waals surface area contributed by atoms with Gasteiger partial charge in [0, 0.05) is 37.7 Å². The minimum atomic E-state index is -4.78. The Balaban J connectivity index is 1.37. The van der Waals surface area contributed by atoms with Gasteiger partial charge in [0.15, 0.2) is 11.5 Å². The van der Waals surface area contributed by atoms with Crippen molar-refractivity contribution in [3.8, 4) is 17.2 Å². The fourth-order valence-electron chi connectivity index (χ4n) is 4.50. The number of ether oxygens (including phenoxy) is 3. The zero-order valence-electron chi connectivity index (χ0n) is 18.6. The highest BCUT2D eigenvalue weighted by Crippen LogP contribution is 2.40. The number of aliphatic hydroxyl groups excluding tert-OH is 1. The lowest BCUT2D eigenvalue weighted by Crippen LogP contribution is -2.47.